The topological polar surface area (TPSA) is 49.7 Å². The molecule has 0 heterocycles. The maximum Gasteiger partial charge on any atom is 0.488 e. The van der Waals surface area contributed by atoms with Gasteiger partial charge in [0.2, 0.25) is 0 Å². The van der Waals surface area contributed by atoms with Crippen molar-refractivity contribution in [2.45, 2.75) is 39.4 Å². The average Bonchev–Trinajstić information content (AvgIpc) is 2.53. The SMILES string of the molecule is C.OB(O)c1ccc(COC2CCCc3ccccc32)cc1. The fourth-order valence-corrected chi connectivity index (χ4v) is 2.87. The van der Waals surface area contributed by atoms with E-state index in [0.29, 0.717) is 12.1 Å². The van der Waals surface area contributed by atoms with Crippen LogP contribution in [0.15, 0.2) is 48.5 Å². The number of benzene rings is 2. The number of hydrogen-bond acceptors (Lipinski definition) is 3. The highest BCUT2D eigenvalue weighted by atomic mass is 16.5. The second-order valence-corrected chi connectivity index (χ2v) is 5.51. The largest absolute Gasteiger partial charge is 0.488 e. The van der Waals surface area contributed by atoms with Crippen LogP contribution in [0.25, 0.3) is 0 Å². The number of ether oxygens (including phenoxy) is 1. The number of aryl methyl sites for hydroxylation is 1. The molecule has 1 aliphatic rings. The second-order valence-electron chi connectivity index (χ2n) is 5.51. The average molecular weight is 298 g/mol. The Balaban J connectivity index is 0.00000176. The lowest BCUT2D eigenvalue weighted by atomic mass is 9.80. The summed E-state index contributed by atoms with van der Waals surface area (Å²) in [4.78, 5) is 0. The van der Waals surface area contributed by atoms with Crippen molar-refractivity contribution < 1.29 is 14.8 Å². The Hall–Kier alpha value is -1.62. The van der Waals surface area contributed by atoms with Gasteiger partial charge in [-0.3, -0.25) is 0 Å². The molecule has 1 atom stereocenters. The molecule has 0 fully saturated rings. The van der Waals surface area contributed by atoms with E-state index in [2.05, 4.69) is 24.3 Å². The fraction of sp³-hybridized carbons (Fsp3) is 0.333. The molecule has 0 bridgehead atoms. The van der Waals surface area contributed by atoms with Crippen molar-refractivity contribution in [3.63, 3.8) is 0 Å². The van der Waals surface area contributed by atoms with Crippen LogP contribution in [0.2, 0.25) is 0 Å². The highest BCUT2D eigenvalue weighted by Crippen LogP contribution is 2.32. The Morgan fingerprint density at radius 2 is 1.77 bits per heavy atom. The smallest absolute Gasteiger partial charge is 0.423 e. The molecule has 0 aromatic heterocycles. The van der Waals surface area contributed by atoms with Gasteiger partial charge in [0.05, 0.1) is 12.7 Å². The van der Waals surface area contributed by atoms with Crippen molar-refractivity contribution in [3.8, 4) is 0 Å². The third kappa shape index (κ3) is 3.77. The minimum atomic E-state index is -1.41. The van der Waals surface area contributed by atoms with E-state index in [4.69, 9.17) is 14.8 Å². The molecule has 2 aromatic rings. The van der Waals surface area contributed by atoms with Crippen LogP contribution in [0.4, 0.5) is 0 Å². The zero-order valence-corrected chi connectivity index (χ0v) is 11.9. The first-order valence-electron chi connectivity index (χ1n) is 7.38. The van der Waals surface area contributed by atoms with Crippen molar-refractivity contribution in [3.05, 3.63) is 65.2 Å². The Kier molecular flexibility index (Phi) is 5.78. The van der Waals surface area contributed by atoms with Gasteiger partial charge >= 0.3 is 7.12 Å². The first kappa shape index (κ1) is 16.8. The maximum atomic E-state index is 9.08. The molecule has 4 heteroatoms. The lowest BCUT2D eigenvalue weighted by Crippen LogP contribution is -2.29. The van der Waals surface area contributed by atoms with Crippen LogP contribution < -0.4 is 5.46 Å². The molecule has 3 rings (SSSR count). The van der Waals surface area contributed by atoms with E-state index in [1.807, 2.05) is 12.1 Å². The molecule has 22 heavy (non-hydrogen) atoms. The lowest BCUT2D eigenvalue weighted by molar-refractivity contribution is 0.0283. The summed E-state index contributed by atoms with van der Waals surface area (Å²) in [6, 6.07) is 15.7. The van der Waals surface area contributed by atoms with E-state index in [1.165, 1.54) is 11.1 Å². The summed E-state index contributed by atoms with van der Waals surface area (Å²) in [5.74, 6) is 0. The molecule has 116 valence electrons. The van der Waals surface area contributed by atoms with Crippen molar-refractivity contribution in [2.75, 3.05) is 0 Å². The standard InChI is InChI=1S/C17H19BO3.CH4/c19-18(20)15-10-8-13(9-11-15)12-21-17-7-3-5-14-4-1-2-6-16(14)17;/h1-2,4,6,8-11,17,19-20H,3,5,7,12H2;1H4. The van der Waals surface area contributed by atoms with Gasteiger partial charge in [0.1, 0.15) is 0 Å². The Morgan fingerprint density at radius 1 is 1.05 bits per heavy atom. The van der Waals surface area contributed by atoms with Crippen LogP contribution in [-0.4, -0.2) is 17.2 Å². The normalized spacial score (nSPS) is 16.5. The van der Waals surface area contributed by atoms with Crippen LogP contribution in [0.1, 0.15) is 43.1 Å². The van der Waals surface area contributed by atoms with E-state index < -0.39 is 7.12 Å². The van der Waals surface area contributed by atoms with Gasteiger partial charge < -0.3 is 14.8 Å². The van der Waals surface area contributed by atoms with E-state index in [0.717, 1.165) is 24.8 Å². The third-order valence-electron chi connectivity index (χ3n) is 4.04. The van der Waals surface area contributed by atoms with Crippen LogP contribution in [-0.2, 0) is 17.8 Å². The molecule has 0 amide bonds. The van der Waals surface area contributed by atoms with Gasteiger partial charge in [0.15, 0.2) is 0 Å². The van der Waals surface area contributed by atoms with Gasteiger partial charge in [-0.1, -0.05) is 56.0 Å². The van der Waals surface area contributed by atoms with Gasteiger partial charge in [0, 0.05) is 0 Å². The van der Waals surface area contributed by atoms with E-state index in [1.54, 1.807) is 12.1 Å². The van der Waals surface area contributed by atoms with Crippen molar-refractivity contribution in [2.24, 2.45) is 0 Å². The van der Waals surface area contributed by atoms with Gasteiger partial charge in [0.25, 0.3) is 0 Å². The van der Waals surface area contributed by atoms with E-state index in [-0.39, 0.29) is 13.5 Å². The predicted octanol–water partition coefficient (Wildman–Crippen LogP) is 2.60. The second kappa shape index (κ2) is 7.59. The zero-order chi connectivity index (χ0) is 14.7. The molecule has 0 radical (unpaired) electrons. The molecule has 3 nitrogen and oxygen atoms in total. The molecule has 2 N–H and O–H groups in total. The molecule has 2 aromatic carbocycles. The zero-order valence-electron chi connectivity index (χ0n) is 11.9. The monoisotopic (exact) mass is 298 g/mol. The minimum absolute atomic E-state index is 0. The first-order valence-corrected chi connectivity index (χ1v) is 7.38. The van der Waals surface area contributed by atoms with E-state index >= 15 is 0 Å². The molecular formula is C18H23BO3. The van der Waals surface area contributed by atoms with Gasteiger partial charge in [-0.15, -0.1) is 0 Å². The maximum absolute atomic E-state index is 9.08. The fourth-order valence-electron chi connectivity index (χ4n) is 2.87. The van der Waals surface area contributed by atoms with Gasteiger partial charge in [-0.25, -0.2) is 0 Å². The molecule has 1 unspecified atom stereocenters. The summed E-state index contributed by atoms with van der Waals surface area (Å²) in [6.45, 7) is 0.542. The van der Waals surface area contributed by atoms with Gasteiger partial charge in [-0.2, -0.15) is 0 Å². The summed E-state index contributed by atoms with van der Waals surface area (Å²) in [5, 5.41) is 18.2. The van der Waals surface area contributed by atoms with Crippen LogP contribution >= 0.6 is 0 Å². The van der Waals surface area contributed by atoms with Crippen molar-refractivity contribution >= 4 is 12.6 Å². The number of fused-ring (bicyclic) bond motifs is 1. The van der Waals surface area contributed by atoms with Crippen molar-refractivity contribution in [1.82, 2.24) is 0 Å². The summed E-state index contributed by atoms with van der Waals surface area (Å²) in [5.41, 5.74) is 4.25. The summed E-state index contributed by atoms with van der Waals surface area (Å²) in [6.07, 6.45) is 3.53. The highest BCUT2D eigenvalue weighted by Gasteiger charge is 2.20. The van der Waals surface area contributed by atoms with E-state index in [9.17, 15) is 0 Å². The molecular weight excluding hydrogens is 275 g/mol. The number of rotatable bonds is 4. The summed E-state index contributed by atoms with van der Waals surface area (Å²) < 4.78 is 6.07. The third-order valence-corrected chi connectivity index (χ3v) is 4.04. The number of hydrogen-bond donors (Lipinski definition) is 2. The van der Waals surface area contributed by atoms with Crippen LogP contribution in [0.3, 0.4) is 0 Å². The lowest BCUT2D eigenvalue weighted by Gasteiger charge is -2.25. The molecule has 0 saturated carbocycles. The molecule has 0 aliphatic heterocycles. The van der Waals surface area contributed by atoms with Crippen LogP contribution in [0.5, 0.6) is 0 Å². The highest BCUT2D eigenvalue weighted by molar-refractivity contribution is 6.58. The minimum Gasteiger partial charge on any atom is -0.423 e. The molecule has 0 saturated heterocycles. The van der Waals surface area contributed by atoms with Crippen molar-refractivity contribution in [1.29, 1.82) is 0 Å². The molecule has 0 spiro atoms. The predicted molar refractivity (Wildman–Crippen MR) is 89.9 cm³/mol. The quantitative estimate of drug-likeness (QED) is 0.853. The molecule has 1 aliphatic carbocycles. The summed E-state index contributed by atoms with van der Waals surface area (Å²) >= 11 is 0. The Bertz CT molecular complexity index is 596. The Labute approximate surface area is 132 Å². The Morgan fingerprint density at radius 3 is 2.50 bits per heavy atom. The summed E-state index contributed by atoms with van der Waals surface area (Å²) in [7, 11) is -1.41. The van der Waals surface area contributed by atoms with Gasteiger partial charge in [-0.05, 0) is 41.4 Å². The van der Waals surface area contributed by atoms with Crippen LogP contribution in [0, 0.1) is 0 Å². The first-order chi connectivity index (χ1) is 10.2.